The lowest BCUT2D eigenvalue weighted by Gasteiger charge is -2.35. The van der Waals surface area contributed by atoms with Crippen molar-refractivity contribution < 1.29 is 5.11 Å². The van der Waals surface area contributed by atoms with Gasteiger partial charge in [-0.3, -0.25) is 4.90 Å². The van der Waals surface area contributed by atoms with E-state index in [1.54, 1.807) is 0 Å². The number of rotatable bonds is 1. The normalized spacial score (nSPS) is 36.7. The maximum atomic E-state index is 9.98. The molecule has 0 saturated carbocycles. The highest BCUT2D eigenvalue weighted by Gasteiger charge is 2.35. The topological polar surface area (TPSA) is 23.5 Å². The molecule has 0 bridgehead atoms. The minimum Gasteiger partial charge on any atom is -0.391 e. The molecular weight excluding hydrogens is 174 g/mol. The average Bonchev–Trinajstić information content (AvgIpc) is 2.50. The standard InChI is InChI=1S/C12H21NO/c1-9(2)6-10-7-12(14)11-4-3-5-13(11)8-10/h6,9,11-12,14H,3-5,7-8H2,1-2H3/b10-6+/t11?,12-/m0/s1. The molecule has 1 unspecified atom stereocenters. The number of hydrogen-bond acceptors (Lipinski definition) is 2. The van der Waals surface area contributed by atoms with E-state index < -0.39 is 0 Å². The molecule has 2 atom stereocenters. The lowest BCUT2D eigenvalue weighted by Crippen LogP contribution is -2.44. The first kappa shape index (κ1) is 10.2. The highest BCUT2D eigenvalue weighted by Crippen LogP contribution is 2.30. The number of allylic oxidation sites excluding steroid dienone is 1. The maximum absolute atomic E-state index is 9.98. The lowest BCUT2D eigenvalue weighted by atomic mass is 9.93. The van der Waals surface area contributed by atoms with Gasteiger partial charge in [0, 0.05) is 12.6 Å². The van der Waals surface area contributed by atoms with Gasteiger partial charge in [-0.05, 0) is 31.7 Å². The second-order valence-corrected chi connectivity index (χ2v) is 5.02. The van der Waals surface area contributed by atoms with Gasteiger partial charge in [0.05, 0.1) is 6.10 Å². The van der Waals surface area contributed by atoms with Crippen molar-refractivity contribution in [2.45, 2.75) is 45.3 Å². The van der Waals surface area contributed by atoms with Crippen LogP contribution < -0.4 is 0 Å². The summed E-state index contributed by atoms with van der Waals surface area (Å²) in [5, 5.41) is 9.98. The fraction of sp³-hybridized carbons (Fsp3) is 0.833. The lowest BCUT2D eigenvalue weighted by molar-refractivity contribution is 0.0559. The van der Waals surface area contributed by atoms with Gasteiger partial charge in [-0.15, -0.1) is 0 Å². The summed E-state index contributed by atoms with van der Waals surface area (Å²) >= 11 is 0. The van der Waals surface area contributed by atoms with Gasteiger partial charge in [-0.2, -0.15) is 0 Å². The van der Waals surface area contributed by atoms with Crippen molar-refractivity contribution in [1.82, 2.24) is 4.90 Å². The van der Waals surface area contributed by atoms with Crippen LogP contribution in [0.5, 0.6) is 0 Å². The van der Waals surface area contributed by atoms with E-state index in [1.165, 1.54) is 25.0 Å². The highest BCUT2D eigenvalue weighted by molar-refractivity contribution is 5.13. The molecule has 0 aromatic carbocycles. The van der Waals surface area contributed by atoms with Gasteiger partial charge in [0.2, 0.25) is 0 Å². The fourth-order valence-electron chi connectivity index (χ4n) is 2.81. The van der Waals surface area contributed by atoms with E-state index in [2.05, 4.69) is 24.8 Å². The van der Waals surface area contributed by atoms with Crippen molar-refractivity contribution in [1.29, 1.82) is 0 Å². The third kappa shape index (κ3) is 2.01. The van der Waals surface area contributed by atoms with Crippen molar-refractivity contribution in [3.8, 4) is 0 Å². The van der Waals surface area contributed by atoms with Crippen LogP contribution in [-0.2, 0) is 0 Å². The van der Waals surface area contributed by atoms with E-state index in [1.807, 2.05) is 0 Å². The molecule has 2 aliphatic heterocycles. The largest absolute Gasteiger partial charge is 0.391 e. The Morgan fingerprint density at radius 2 is 2.29 bits per heavy atom. The third-order valence-corrected chi connectivity index (χ3v) is 3.30. The van der Waals surface area contributed by atoms with Crippen LogP contribution in [-0.4, -0.2) is 35.2 Å². The quantitative estimate of drug-likeness (QED) is 0.645. The molecule has 2 saturated heterocycles. The Morgan fingerprint density at radius 3 is 3.00 bits per heavy atom. The van der Waals surface area contributed by atoms with Crippen molar-refractivity contribution in [3.05, 3.63) is 11.6 Å². The van der Waals surface area contributed by atoms with Gasteiger partial charge >= 0.3 is 0 Å². The molecule has 2 fully saturated rings. The van der Waals surface area contributed by atoms with Crippen LogP contribution in [0, 0.1) is 5.92 Å². The van der Waals surface area contributed by atoms with Crippen molar-refractivity contribution in [2.24, 2.45) is 5.92 Å². The monoisotopic (exact) mass is 195 g/mol. The van der Waals surface area contributed by atoms with E-state index in [-0.39, 0.29) is 6.10 Å². The number of aliphatic hydroxyl groups excluding tert-OH is 1. The molecule has 2 nitrogen and oxygen atoms in total. The average molecular weight is 195 g/mol. The molecule has 0 aromatic heterocycles. The molecule has 2 heterocycles. The molecule has 1 N–H and O–H groups in total. The van der Waals surface area contributed by atoms with Crippen LogP contribution in [0.1, 0.15) is 33.1 Å². The van der Waals surface area contributed by atoms with Crippen LogP contribution >= 0.6 is 0 Å². The van der Waals surface area contributed by atoms with Gasteiger partial charge in [0.1, 0.15) is 0 Å². The summed E-state index contributed by atoms with van der Waals surface area (Å²) in [5.74, 6) is 0.608. The summed E-state index contributed by atoms with van der Waals surface area (Å²) in [4.78, 5) is 2.45. The predicted molar refractivity (Wildman–Crippen MR) is 58.1 cm³/mol. The molecule has 0 spiro atoms. The first-order valence-electron chi connectivity index (χ1n) is 5.78. The van der Waals surface area contributed by atoms with Crippen molar-refractivity contribution in [2.75, 3.05) is 13.1 Å². The Labute approximate surface area is 86.6 Å². The number of piperidine rings is 1. The Morgan fingerprint density at radius 1 is 1.50 bits per heavy atom. The molecule has 14 heavy (non-hydrogen) atoms. The van der Waals surface area contributed by atoms with Gasteiger partial charge in [-0.25, -0.2) is 0 Å². The number of hydrogen-bond donors (Lipinski definition) is 1. The van der Waals surface area contributed by atoms with E-state index in [0.717, 1.165) is 13.0 Å². The molecule has 2 aliphatic rings. The van der Waals surface area contributed by atoms with Gasteiger partial charge in [0.15, 0.2) is 0 Å². The van der Waals surface area contributed by atoms with Crippen LogP contribution in [0.2, 0.25) is 0 Å². The van der Waals surface area contributed by atoms with Gasteiger partial charge < -0.3 is 5.11 Å². The summed E-state index contributed by atoms with van der Waals surface area (Å²) in [6.45, 7) is 6.68. The Kier molecular flexibility index (Phi) is 2.93. The summed E-state index contributed by atoms with van der Waals surface area (Å²) in [6.07, 6.45) is 5.56. The summed E-state index contributed by atoms with van der Waals surface area (Å²) in [6, 6.07) is 0.458. The molecule has 80 valence electrons. The zero-order chi connectivity index (χ0) is 10.1. The Balaban J connectivity index is 2.05. The molecular formula is C12H21NO. The minimum absolute atomic E-state index is 0.115. The highest BCUT2D eigenvalue weighted by atomic mass is 16.3. The SMILES string of the molecule is CC(C)/C=C1\C[C@H](O)C2CCCN2C1. The van der Waals surface area contributed by atoms with Crippen LogP contribution in [0.15, 0.2) is 11.6 Å². The third-order valence-electron chi connectivity index (χ3n) is 3.30. The Bertz CT molecular complexity index is 234. The fourth-order valence-corrected chi connectivity index (χ4v) is 2.81. The zero-order valence-corrected chi connectivity index (χ0v) is 9.24. The van der Waals surface area contributed by atoms with Crippen LogP contribution in [0.25, 0.3) is 0 Å². The van der Waals surface area contributed by atoms with E-state index >= 15 is 0 Å². The molecule has 0 aromatic rings. The minimum atomic E-state index is -0.115. The zero-order valence-electron chi connectivity index (χ0n) is 9.24. The molecule has 2 heteroatoms. The van der Waals surface area contributed by atoms with E-state index in [4.69, 9.17) is 0 Å². The van der Waals surface area contributed by atoms with Gasteiger partial charge in [0.25, 0.3) is 0 Å². The summed E-state index contributed by atoms with van der Waals surface area (Å²) < 4.78 is 0. The van der Waals surface area contributed by atoms with Crippen molar-refractivity contribution >= 4 is 0 Å². The Hall–Kier alpha value is -0.340. The van der Waals surface area contributed by atoms with Crippen LogP contribution in [0.3, 0.4) is 0 Å². The van der Waals surface area contributed by atoms with E-state index in [9.17, 15) is 5.11 Å². The molecule has 2 rings (SSSR count). The van der Waals surface area contributed by atoms with Gasteiger partial charge in [-0.1, -0.05) is 25.5 Å². The summed E-state index contributed by atoms with van der Waals surface area (Å²) in [5.41, 5.74) is 1.44. The smallest absolute Gasteiger partial charge is 0.0733 e. The van der Waals surface area contributed by atoms with E-state index in [0.29, 0.717) is 12.0 Å². The molecule has 0 radical (unpaired) electrons. The summed E-state index contributed by atoms with van der Waals surface area (Å²) in [7, 11) is 0. The number of nitrogens with zero attached hydrogens (tertiary/aromatic N) is 1. The number of fused-ring (bicyclic) bond motifs is 1. The maximum Gasteiger partial charge on any atom is 0.0733 e. The second-order valence-electron chi connectivity index (χ2n) is 5.02. The van der Waals surface area contributed by atoms with Crippen LogP contribution in [0.4, 0.5) is 0 Å². The predicted octanol–water partition coefficient (Wildman–Crippen LogP) is 1.80. The van der Waals surface area contributed by atoms with Crippen molar-refractivity contribution in [3.63, 3.8) is 0 Å². The molecule has 0 aliphatic carbocycles. The first-order valence-corrected chi connectivity index (χ1v) is 5.78. The second kappa shape index (κ2) is 4.03. The molecule has 0 amide bonds. The number of aliphatic hydroxyl groups is 1. The first-order chi connectivity index (χ1) is 6.66.